The fraction of sp³-hybridized carbons (Fsp3) is 0.533. The van der Waals surface area contributed by atoms with Gasteiger partial charge in [0.1, 0.15) is 10.6 Å². The van der Waals surface area contributed by atoms with E-state index in [-0.39, 0.29) is 16.1 Å². The molecule has 1 aromatic rings. The highest BCUT2D eigenvalue weighted by molar-refractivity contribution is 7.89. The second-order valence-electron chi connectivity index (χ2n) is 5.89. The first-order chi connectivity index (χ1) is 10.4. The van der Waals surface area contributed by atoms with Crippen molar-refractivity contribution in [3.8, 4) is 11.8 Å². The average molecular weight is 323 g/mol. The van der Waals surface area contributed by atoms with Gasteiger partial charge in [-0.3, -0.25) is 0 Å². The summed E-state index contributed by atoms with van der Waals surface area (Å²) in [6.07, 6.45) is 2.02. The minimum Gasteiger partial charge on any atom is -0.495 e. The van der Waals surface area contributed by atoms with Crippen LogP contribution in [-0.2, 0) is 10.0 Å². The molecular weight excluding hydrogens is 302 g/mol. The molecule has 1 unspecified atom stereocenters. The standard InChI is InChI=1S/C15H21N3O3S/c1-15(6-3-7-17-10-15)11-18-22(19,20)14-5-4-12(9-16)8-13(14)21-2/h4-5,8,17-18H,3,6-7,10-11H2,1-2H3. The second kappa shape index (κ2) is 6.65. The highest BCUT2D eigenvalue weighted by Gasteiger charge is 2.29. The number of ether oxygens (including phenoxy) is 1. The molecule has 0 spiro atoms. The van der Waals surface area contributed by atoms with Gasteiger partial charge in [-0.15, -0.1) is 0 Å². The van der Waals surface area contributed by atoms with E-state index >= 15 is 0 Å². The number of hydrogen-bond acceptors (Lipinski definition) is 5. The first kappa shape index (κ1) is 16.7. The zero-order chi connectivity index (χ0) is 16.2. The summed E-state index contributed by atoms with van der Waals surface area (Å²) in [6.45, 7) is 4.20. The minimum atomic E-state index is -3.68. The third kappa shape index (κ3) is 3.77. The Labute approximate surface area is 131 Å². The van der Waals surface area contributed by atoms with Gasteiger partial charge in [-0.05, 0) is 43.0 Å². The lowest BCUT2D eigenvalue weighted by Gasteiger charge is -2.34. The summed E-state index contributed by atoms with van der Waals surface area (Å²) in [6, 6.07) is 6.27. The van der Waals surface area contributed by atoms with Crippen molar-refractivity contribution >= 4 is 10.0 Å². The Hall–Kier alpha value is -1.62. The van der Waals surface area contributed by atoms with Gasteiger partial charge >= 0.3 is 0 Å². The van der Waals surface area contributed by atoms with Crippen molar-refractivity contribution in [3.05, 3.63) is 23.8 Å². The topological polar surface area (TPSA) is 91.2 Å². The van der Waals surface area contributed by atoms with Gasteiger partial charge in [0.2, 0.25) is 10.0 Å². The summed E-state index contributed by atoms with van der Waals surface area (Å²) in [4.78, 5) is 0.0568. The molecule has 6 nitrogen and oxygen atoms in total. The SMILES string of the molecule is COc1cc(C#N)ccc1S(=O)(=O)NCC1(C)CCCNC1. The van der Waals surface area contributed by atoms with Crippen molar-refractivity contribution < 1.29 is 13.2 Å². The van der Waals surface area contributed by atoms with Crippen LogP contribution < -0.4 is 14.8 Å². The van der Waals surface area contributed by atoms with Gasteiger partial charge < -0.3 is 10.1 Å². The van der Waals surface area contributed by atoms with Gasteiger partial charge in [-0.1, -0.05) is 6.92 Å². The van der Waals surface area contributed by atoms with Crippen LogP contribution in [0.5, 0.6) is 5.75 Å². The Kier molecular flexibility index (Phi) is 5.06. The molecule has 0 aliphatic carbocycles. The fourth-order valence-electron chi connectivity index (χ4n) is 2.58. The van der Waals surface area contributed by atoms with Gasteiger partial charge in [0.15, 0.2) is 0 Å². The van der Waals surface area contributed by atoms with Gasteiger partial charge in [0.05, 0.1) is 18.7 Å². The van der Waals surface area contributed by atoms with E-state index in [1.165, 1.54) is 25.3 Å². The van der Waals surface area contributed by atoms with Gasteiger partial charge in [0.25, 0.3) is 0 Å². The van der Waals surface area contributed by atoms with E-state index in [4.69, 9.17) is 10.00 Å². The van der Waals surface area contributed by atoms with E-state index < -0.39 is 10.0 Å². The predicted octanol–water partition coefficient (Wildman–Crippen LogP) is 1.23. The maximum absolute atomic E-state index is 12.5. The number of nitrogens with zero attached hydrogens (tertiary/aromatic N) is 1. The van der Waals surface area contributed by atoms with E-state index in [1.807, 2.05) is 6.07 Å². The summed E-state index contributed by atoms with van der Waals surface area (Å²) < 4.78 is 32.8. The molecular formula is C15H21N3O3S. The van der Waals surface area contributed by atoms with E-state index in [1.54, 1.807) is 0 Å². The first-order valence-electron chi connectivity index (χ1n) is 7.19. The number of methoxy groups -OCH3 is 1. The molecule has 1 fully saturated rings. The number of hydrogen-bond donors (Lipinski definition) is 2. The molecule has 22 heavy (non-hydrogen) atoms. The average Bonchev–Trinajstić information content (AvgIpc) is 2.53. The van der Waals surface area contributed by atoms with Crippen molar-refractivity contribution in [3.63, 3.8) is 0 Å². The van der Waals surface area contributed by atoms with E-state index in [0.717, 1.165) is 25.9 Å². The molecule has 1 aliphatic heterocycles. The molecule has 1 aliphatic rings. The molecule has 1 saturated heterocycles. The number of nitrogens with one attached hydrogen (secondary N) is 2. The summed E-state index contributed by atoms with van der Waals surface area (Å²) in [5.41, 5.74) is 0.268. The Balaban J connectivity index is 2.18. The molecule has 0 saturated carbocycles. The van der Waals surface area contributed by atoms with Crippen LogP contribution in [0.15, 0.2) is 23.1 Å². The van der Waals surface area contributed by atoms with Crippen LogP contribution in [0.1, 0.15) is 25.3 Å². The Bertz CT molecular complexity index is 674. The van der Waals surface area contributed by atoms with Gasteiger partial charge in [0, 0.05) is 13.1 Å². The first-order valence-corrected chi connectivity index (χ1v) is 8.67. The molecule has 1 heterocycles. The van der Waals surface area contributed by atoms with Crippen LogP contribution in [0, 0.1) is 16.7 Å². The molecule has 1 aromatic carbocycles. The van der Waals surface area contributed by atoms with Crippen LogP contribution in [0.25, 0.3) is 0 Å². The molecule has 2 N–H and O–H groups in total. The molecule has 0 amide bonds. The molecule has 7 heteroatoms. The molecule has 120 valence electrons. The van der Waals surface area contributed by atoms with Crippen molar-refractivity contribution in [2.75, 3.05) is 26.7 Å². The second-order valence-corrected chi connectivity index (χ2v) is 7.63. The van der Waals surface area contributed by atoms with Gasteiger partial charge in [-0.25, -0.2) is 13.1 Å². The maximum atomic E-state index is 12.5. The lowest BCUT2D eigenvalue weighted by molar-refractivity contribution is 0.238. The molecule has 2 rings (SSSR count). The van der Waals surface area contributed by atoms with E-state index in [0.29, 0.717) is 12.1 Å². The third-order valence-electron chi connectivity index (χ3n) is 3.96. The van der Waals surface area contributed by atoms with Crippen LogP contribution in [0.2, 0.25) is 0 Å². The van der Waals surface area contributed by atoms with Crippen molar-refractivity contribution in [1.29, 1.82) is 5.26 Å². The third-order valence-corrected chi connectivity index (χ3v) is 5.40. The normalized spacial score (nSPS) is 22.0. The minimum absolute atomic E-state index is 0.0568. The van der Waals surface area contributed by atoms with Crippen LogP contribution >= 0.6 is 0 Å². The maximum Gasteiger partial charge on any atom is 0.244 e. The molecule has 0 radical (unpaired) electrons. The zero-order valence-corrected chi connectivity index (χ0v) is 13.7. The fourth-order valence-corrected chi connectivity index (χ4v) is 3.92. The predicted molar refractivity (Wildman–Crippen MR) is 83.1 cm³/mol. The molecule has 1 atom stereocenters. The summed E-state index contributed by atoms with van der Waals surface area (Å²) in [5, 5.41) is 12.2. The number of sulfonamides is 1. The molecule has 0 bridgehead atoms. The number of nitriles is 1. The highest BCUT2D eigenvalue weighted by atomic mass is 32.2. The summed E-state index contributed by atoms with van der Waals surface area (Å²) in [5.74, 6) is 0.179. The van der Waals surface area contributed by atoms with E-state index in [2.05, 4.69) is 17.0 Å². The Morgan fingerprint density at radius 3 is 2.86 bits per heavy atom. The summed E-state index contributed by atoms with van der Waals surface area (Å²) in [7, 11) is -2.29. The van der Waals surface area contributed by atoms with Crippen LogP contribution in [0.4, 0.5) is 0 Å². The van der Waals surface area contributed by atoms with E-state index in [9.17, 15) is 8.42 Å². The van der Waals surface area contributed by atoms with Crippen LogP contribution in [0.3, 0.4) is 0 Å². The van der Waals surface area contributed by atoms with Crippen molar-refractivity contribution in [2.45, 2.75) is 24.7 Å². The van der Waals surface area contributed by atoms with Crippen molar-refractivity contribution in [2.24, 2.45) is 5.41 Å². The zero-order valence-electron chi connectivity index (χ0n) is 12.8. The monoisotopic (exact) mass is 323 g/mol. The number of benzene rings is 1. The van der Waals surface area contributed by atoms with Crippen LogP contribution in [-0.4, -0.2) is 35.2 Å². The Morgan fingerprint density at radius 2 is 2.27 bits per heavy atom. The largest absolute Gasteiger partial charge is 0.495 e. The lowest BCUT2D eigenvalue weighted by atomic mass is 9.83. The lowest BCUT2D eigenvalue weighted by Crippen LogP contribution is -2.45. The Morgan fingerprint density at radius 1 is 1.50 bits per heavy atom. The summed E-state index contributed by atoms with van der Waals surface area (Å²) >= 11 is 0. The highest BCUT2D eigenvalue weighted by Crippen LogP contribution is 2.27. The smallest absolute Gasteiger partial charge is 0.244 e. The van der Waals surface area contributed by atoms with Crippen molar-refractivity contribution in [1.82, 2.24) is 10.0 Å². The number of rotatable bonds is 5. The molecule has 0 aromatic heterocycles. The van der Waals surface area contributed by atoms with Gasteiger partial charge in [-0.2, -0.15) is 5.26 Å². The quantitative estimate of drug-likeness (QED) is 0.850. The number of piperidine rings is 1.